The summed E-state index contributed by atoms with van der Waals surface area (Å²) in [5.41, 5.74) is 2.39. The van der Waals surface area contributed by atoms with Crippen LogP contribution < -0.4 is 5.32 Å². The molecule has 3 heterocycles. The van der Waals surface area contributed by atoms with Crippen LogP contribution >= 0.6 is 0 Å². The zero-order valence-corrected chi connectivity index (χ0v) is 29.1. The minimum absolute atomic E-state index is 0.0250. The number of rotatable bonds is 9. The van der Waals surface area contributed by atoms with Crippen molar-refractivity contribution in [3.63, 3.8) is 0 Å². The molecule has 5 aliphatic rings. The van der Waals surface area contributed by atoms with Crippen LogP contribution in [0.15, 0.2) is 66.3 Å². The van der Waals surface area contributed by atoms with E-state index in [1.165, 1.54) is 11.0 Å². The van der Waals surface area contributed by atoms with Crippen molar-refractivity contribution >= 4 is 35.8 Å². The molecule has 0 radical (unpaired) electrons. The topological polar surface area (TPSA) is 167 Å². The van der Waals surface area contributed by atoms with Crippen LogP contribution in [0.3, 0.4) is 0 Å². The van der Waals surface area contributed by atoms with Crippen molar-refractivity contribution in [2.24, 2.45) is 5.41 Å². The maximum absolute atomic E-state index is 14.1. The average molecular weight is 715 g/mol. The van der Waals surface area contributed by atoms with Gasteiger partial charge in [0.1, 0.15) is 31.0 Å². The Balaban J connectivity index is 1.12. The normalized spacial score (nSPS) is 26.8. The number of nitrogens with one attached hydrogen (secondary N) is 1. The van der Waals surface area contributed by atoms with E-state index in [1.54, 1.807) is 44.2 Å². The Labute approximate surface area is 300 Å². The van der Waals surface area contributed by atoms with Crippen LogP contribution in [0.5, 0.6) is 0 Å². The number of benzene rings is 2. The van der Waals surface area contributed by atoms with Gasteiger partial charge in [-0.05, 0) is 47.8 Å². The van der Waals surface area contributed by atoms with Crippen LogP contribution in [0, 0.1) is 5.41 Å². The zero-order valence-electron chi connectivity index (χ0n) is 29.1. The predicted octanol–water partition coefficient (Wildman–Crippen LogP) is 2.43. The van der Waals surface area contributed by atoms with Crippen LogP contribution in [-0.4, -0.2) is 102 Å². The van der Waals surface area contributed by atoms with E-state index in [0.29, 0.717) is 43.4 Å². The third kappa shape index (κ3) is 7.00. The number of carbonyl (C=O) groups is 5. The Kier molecular flexibility index (Phi) is 9.77. The monoisotopic (exact) mass is 714 g/mol. The van der Waals surface area contributed by atoms with E-state index < -0.39 is 59.6 Å². The molecule has 0 bridgehead atoms. The van der Waals surface area contributed by atoms with Crippen molar-refractivity contribution in [3.05, 3.63) is 88.5 Å². The molecule has 3 aliphatic heterocycles. The molecule has 3 fully saturated rings. The number of fused-ring (bicyclic) bond motifs is 2. The maximum atomic E-state index is 14.1. The number of aliphatic hydroxyl groups excluding tert-OH is 1. The second kappa shape index (κ2) is 14.3. The number of aliphatic hydroxyl groups is 1. The van der Waals surface area contributed by atoms with Crippen LogP contribution in [0.4, 0.5) is 0 Å². The zero-order chi connectivity index (χ0) is 36.6. The van der Waals surface area contributed by atoms with E-state index in [1.807, 2.05) is 24.3 Å². The lowest BCUT2D eigenvalue weighted by molar-refractivity contribution is -0.172. The van der Waals surface area contributed by atoms with Gasteiger partial charge in [0.05, 0.1) is 12.2 Å². The summed E-state index contributed by atoms with van der Waals surface area (Å²) in [7, 11) is 0. The minimum atomic E-state index is -1.05. The van der Waals surface area contributed by atoms with E-state index in [-0.39, 0.29) is 43.6 Å². The fraction of sp³-hybridized carbons (Fsp3) is 0.462. The molecule has 274 valence electrons. The molecule has 1 spiro atoms. The number of cyclic esters (lactones) is 1. The highest BCUT2D eigenvalue weighted by atomic mass is 16.8. The Bertz CT molecular complexity index is 1810. The SMILES string of the molecule is CC1(C)COC(=O)[C@@H]1OC(=O)C=Cc1ccccc1C(=O)O[C@@H]1CC(C(=O)N2CCC[C@@H]2C(=O)NCCO)=C[C@H]2OC3(Cc4ccccc4C3)O[C@H]21. The predicted molar refractivity (Wildman–Crippen MR) is 183 cm³/mol. The Hall–Kier alpha value is -4.85. The summed E-state index contributed by atoms with van der Waals surface area (Å²) in [4.78, 5) is 67.2. The summed E-state index contributed by atoms with van der Waals surface area (Å²) < 4.78 is 29.8. The van der Waals surface area contributed by atoms with Gasteiger partial charge in [0.25, 0.3) is 0 Å². The highest BCUT2D eigenvalue weighted by Crippen LogP contribution is 2.45. The van der Waals surface area contributed by atoms with Crippen LogP contribution in [-0.2, 0) is 55.7 Å². The highest BCUT2D eigenvalue weighted by molar-refractivity contribution is 5.99. The second-order valence-electron chi connectivity index (χ2n) is 14.5. The average Bonchev–Trinajstić information content (AvgIpc) is 3.91. The maximum Gasteiger partial charge on any atom is 0.348 e. The van der Waals surface area contributed by atoms with Gasteiger partial charge in [-0.25, -0.2) is 14.4 Å². The van der Waals surface area contributed by atoms with Gasteiger partial charge in [-0.15, -0.1) is 0 Å². The molecule has 52 heavy (non-hydrogen) atoms. The van der Waals surface area contributed by atoms with Crippen molar-refractivity contribution < 1.29 is 52.8 Å². The van der Waals surface area contributed by atoms with Gasteiger partial charge >= 0.3 is 17.9 Å². The molecule has 2 aromatic rings. The summed E-state index contributed by atoms with van der Waals surface area (Å²) in [6.07, 6.45) is 3.03. The second-order valence-corrected chi connectivity index (χ2v) is 14.5. The van der Waals surface area contributed by atoms with Gasteiger partial charge < -0.3 is 39.0 Å². The number of carbonyl (C=O) groups excluding carboxylic acids is 5. The van der Waals surface area contributed by atoms with Crippen molar-refractivity contribution in [1.82, 2.24) is 10.2 Å². The summed E-state index contributed by atoms with van der Waals surface area (Å²) >= 11 is 0. The summed E-state index contributed by atoms with van der Waals surface area (Å²) in [5, 5.41) is 11.9. The van der Waals surface area contributed by atoms with E-state index in [2.05, 4.69) is 5.32 Å². The summed E-state index contributed by atoms with van der Waals surface area (Å²) in [6, 6.07) is 13.8. The van der Waals surface area contributed by atoms with Crippen LogP contribution in [0.25, 0.3) is 6.08 Å². The molecule has 3 saturated heterocycles. The largest absolute Gasteiger partial charge is 0.462 e. The molecular weight excluding hydrogens is 672 g/mol. The van der Waals surface area contributed by atoms with Crippen molar-refractivity contribution in [1.29, 1.82) is 0 Å². The van der Waals surface area contributed by atoms with Gasteiger partial charge in [0, 0.05) is 49.4 Å². The fourth-order valence-corrected chi connectivity index (χ4v) is 7.69. The number of hydrogen-bond donors (Lipinski definition) is 2. The molecule has 0 aromatic heterocycles. The lowest BCUT2D eigenvalue weighted by Crippen LogP contribution is -2.49. The van der Waals surface area contributed by atoms with Gasteiger partial charge in [-0.3, -0.25) is 9.59 Å². The van der Waals surface area contributed by atoms with E-state index in [0.717, 1.165) is 17.2 Å². The molecule has 2 amide bonds. The Morgan fingerprint density at radius 3 is 2.46 bits per heavy atom. The molecule has 0 saturated carbocycles. The van der Waals surface area contributed by atoms with Gasteiger partial charge in [0.15, 0.2) is 5.79 Å². The van der Waals surface area contributed by atoms with Crippen LogP contribution in [0.2, 0.25) is 0 Å². The first-order chi connectivity index (χ1) is 25.0. The van der Waals surface area contributed by atoms with Crippen molar-refractivity contribution in [2.75, 3.05) is 26.3 Å². The van der Waals surface area contributed by atoms with Gasteiger partial charge in [-0.2, -0.15) is 0 Å². The molecular formula is C39H42N2O11. The molecule has 13 nitrogen and oxygen atoms in total. The number of hydrogen-bond acceptors (Lipinski definition) is 11. The minimum Gasteiger partial charge on any atom is -0.462 e. The van der Waals surface area contributed by atoms with E-state index in [4.69, 9.17) is 23.7 Å². The molecule has 13 heteroatoms. The summed E-state index contributed by atoms with van der Waals surface area (Å²) in [6.45, 7) is 3.92. The summed E-state index contributed by atoms with van der Waals surface area (Å²) in [5.74, 6) is -3.76. The fourth-order valence-electron chi connectivity index (χ4n) is 7.69. The first-order valence-electron chi connectivity index (χ1n) is 17.6. The number of likely N-dealkylation sites (tertiary alicyclic amines) is 1. The lowest BCUT2D eigenvalue weighted by atomic mass is 9.90. The molecule has 2 N–H and O–H groups in total. The highest BCUT2D eigenvalue weighted by Gasteiger charge is 2.55. The molecule has 2 aliphatic carbocycles. The first-order valence-corrected chi connectivity index (χ1v) is 17.6. The van der Waals surface area contributed by atoms with E-state index in [9.17, 15) is 29.1 Å². The third-order valence-electron chi connectivity index (χ3n) is 10.3. The van der Waals surface area contributed by atoms with Gasteiger partial charge in [0.2, 0.25) is 17.9 Å². The molecule has 0 unspecified atom stereocenters. The van der Waals surface area contributed by atoms with Crippen LogP contribution in [0.1, 0.15) is 60.2 Å². The standard InChI is InChI=1S/C39H42N2O11/c1-38(2)22-48-37(47)33(38)50-31(43)14-13-23-8-5-6-11-27(23)36(46)49-29-18-26(35(45)41-16-7-12-28(41)34(44)40-15-17-42)19-30-32(29)52-39(51-30)20-24-9-3-4-10-25(24)21-39/h3-6,8-11,13-14,19,28-30,32-33,42H,7,12,15-18,20-22H2,1-2H3,(H,40,44)/t28-,29-,30-,32+,33+/m1/s1. The number of nitrogens with zero attached hydrogens (tertiary/aromatic N) is 1. The third-order valence-corrected chi connectivity index (χ3v) is 10.3. The number of ether oxygens (including phenoxy) is 5. The molecule has 7 rings (SSSR count). The number of esters is 3. The first kappa shape index (κ1) is 35.5. The molecule has 2 aromatic carbocycles. The van der Waals surface area contributed by atoms with Crippen molar-refractivity contribution in [3.8, 4) is 0 Å². The van der Waals surface area contributed by atoms with Gasteiger partial charge in [-0.1, -0.05) is 56.3 Å². The Morgan fingerprint density at radius 2 is 1.75 bits per heavy atom. The lowest BCUT2D eigenvalue weighted by Gasteiger charge is -2.32. The van der Waals surface area contributed by atoms with E-state index >= 15 is 0 Å². The number of amides is 2. The van der Waals surface area contributed by atoms with Crippen molar-refractivity contribution in [2.45, 2.75) is 82.2 Å². The smallest absolute Gasteiger partial charge is 0.348 e. The Morgan fingerprint density at radius 1 is 1.02 bits per heavy atom. The molecule has 5 atom stereocenters. The quantitative estimate of drug-likeness (QED) is 0.223.